The number of fused-ring (bicyclic) bond motifs is 2. The number of carbonyl (C=O) groups excluding carboxylic acids is 3. The minimum absolute atomic E-state index is 0.120. The van der Waals surface area contributed by atoms with Gasteiger partial charge in [-0.15, -0.1) is 0 Å². The standard InChI is InChI=1S/C30H39N3O6/c1-5-31(6-2)20-10-12-21(13-11-20)32-15-8-14-30-25(24-23(39-30)9-7-16-38-29(24)37)27(35)33(26(30)28(32)36)22(18-34)17-19(3)4/h7-14,19,22-26,34H,5-6,15-18H2,1-4H3/t22-,23-,24+,25+,26?,30+/m1/s1. The molecule has 2 fully saturated rings. The Bertz CT molecular complexity index is 1160. The molecule has 1 spiro atoms. The zero-order valence-corrected chi connectivity index (χ0v) is 23.2. The third-order valence-electron chi connectivity index (χ3n) is 8.49. The lowest BCUT2D eigenvalue weighted by molar-refractivity contribution is -0.153. The van der Waals surface area contributed by atoms with Crippen LogP contribution in [-0.4, -0.2) is 84.4 Å². The van der Waals surface area contributed by atoms with E-state index in [2.05, 4.69) is 18.7 Å². The molecule has 0 aromatic heterocycles. The molecular weight excluding hydrogens is 498 g/mol. The molecule has 4 aliphatic heterocycles. The van der Waals surface area contributed by atoms with Crippen molar-refractivity contribution < 1.29 is 29.0 Å². The van der Waals surface area contributed by atoms with Crippen molar-refractivity contribution in [2.75, 3.05) is 42.6 Å². The van der Waals surface area contributed by atoms with E-state index in [-0.39, 0.29) is 30.9 Å². The van der Waals surface area contributed by atoms with Crippen molar-refractivity contribution in [1.29, 1.82) is 0 Å². The number of nitrogens with zero attached hydrogens (tertiary/aromatic N) is 3. The molecule has 39 heavy (non-hydrogen) atoms. The van der Waals surface area contributed by atoms with Crippen LogP contribution in [-0.2, 0) is 23.9 Å². The highest BCUT2D eigenvalue weighted by Crippen LogP contribution is 2.54. The number of aliphatic hydroxyl groups is 1. The SMILES string of the molecule is CCN(CC)c1ccc(N2CC=C[C@]34O[C@@H]5C=CCOC(=O)[C@@H]5[C@H]3C(=O)N([C@@H](CO)CC(C)C)C4C2=O)cc1. The highest BCUT2D eigenvalue weighted by atomic mass is 16.6. The third-order valence-corrected chi connectivity index (χ3v) is 8.49. The number of benzene rings is 1. The number of esters is 1. The summed E-state index contributed by atoms with van der Waals surface area (Å²) < 4.78 is 12.0. The predicted octanol–water partition coefficient (Wildman–Crippen LogP) is 2.54. The summed E-state index contributed by atoms with van der Waals surface area (Å²) in [7, 11) is 0. The molecule has 4 aliphatic rings. The van der Waals surface area contributed by atoms with Crippen LogP contribution in [0.3, 0.4) is 0 Å². The zero-order valence-electron chi connectivity index (χ0n) is 23.2. The third kappa shape index (κ3) is 4.45. The van der Waals surface area contributed by atoms with Gasteiger partial charge in [-0.05, 0) is 56.5 Å². The Morgan fingerprint density at radius 1 is 1.08 bits per heavy atom. The molecule has 0 radical (unpaired) electrons. The number of carbonyl (C=O) groups is 3. The molecule has 6 atom stereocenters. The van der Waals surface area contributed by atoms with Gasteiger partial charge in [0.05, 0.1) is 24.7 Å². The zero-order chi connectivity index (χ0) is 27.9. The van der Waals surface area contributed by atoms with Crippen LogP contribution in [0.25, 0.3) is 0 Å². The summed E-state index contributed by atoms with van der Waals surface area (Å²) in [6.07, 6.45) is 6.99. The minimum Gasteiger partial charge on any atom is -0.461 e. The van der Waals surface area contributed by atoms with Crippen LogP contribution in [0.2, 0.25) is 0 Å². The number of hydrogen-bond donors (Lipinski definition) is 1. The van der Waals surface area contributed by atoms with Gasteiger partial charge in [0.2, 0.25) is 5.91 Å². The summed E-state index contributed by atoms with van der Waals surface area (Å²) in [5.41, 5.74) is 0.437. The predicted molar refractivity (Wildman–Crippen MR) is 147 cm³/mol. The number of hydrogen-bond acceptors (Lipinski definition) is 7. The van der Waals surface area contributed by atoms with Gasteiger partial charge in [0, 0.05) is 31.0 Å². The first-order chi connectivity index (χ1) is 18.8. The van der Waals surface area contributed by atoms with Crippen LogP contribution in [0.15, 0.2) is 48.6 Å². The molecule has 1 aromatic carbocycles. The average molecular weight is 538 g/mol. The summed E-state index contributed by atoms with van der Waals surface area (Å²) >= 11 is 0. The molecule has 0 saturated carbocycles. The van der Waals surface area contributed by atoms with Gasteiger partial charge in [-0.1, -0.05) is 32.1 Å². The lowest BCUT2D eigenvalue weighted by Gasteiger charge is -2.39. The monoisotopic (exact) mass is 537 g/mol. The molecule has 1 unspecified atom stereocenters. The topological polar surface area (TPSA) is 99.6 Å². The first-order valence-electron chi connectivity index (χ1n) is 14.1. The summed E-state index contributed by atoms with van der Waals surface area (Å²) in [6, 6.07) is 6.23. The number of rotatable bonds is 8. The Balaban J connectivity index is 1.58. The van der Waals surface area contributed by atoms with Crippen molar-refractivity contribution in [2.24, 2.45) is 17.8 Å². The molecular formula is C30H39N3O6. The van der Waals surface area contributed by atoms with Gasteiger partial charge in [-0.2, -0.15) is 0 Å². The van der Waals surface area contributed by atoms with Crippen LogP contribution in [0.1, 0.15) is 34.1 Å². The summed E-state index contributed by atoms with van der Waals surface area (Å²) in [5.74, 6) is -2.75. The van der Waals surface area contributed by atoms with Crippen molar-refractivity contribution in [3.05, 3.63) is 48.6 Å². The summed E-state index contributed by atoms with van der Waals surface area (Å²) in [6.45, 7) is 10.1. The van der Waals surface area contributed by atoms with Gasteiger partial charge in [-0.25, -0.2) is 0 Å². The second-order valence-electron chi connectivity index (χ2n) is 11.2. The number of ether oxygens (including phenoxy) is 2. The molecule has 1 aromatic rings. The fourth-order valence-electron chi connectivity index (χ4n) is 6.79. The lowest BCUT2D eigenvalue weighted by atomic mass is 9.78. The molecule has 9 nitrogen and oxygen atoms in total. The second-order valence-corrected chi connectivity index (χ2v) is 11.2. The van der Waals surface area contributed by atoms with E-state index in [0.717, 1.165) is 18.8 Å². The van der Waals surface area contributed by atoms with E-state index in [4.69, 9.17) is 9.47 Å². The van der Waals surface area contributed by atoms with Crippen LogP contribution in [0, 0.1) is 17.8 Å². The van der Waals surface area contributed by atoms with Crippen LogP contribution < -0.4 is 9.80 Å². The molecule has 0 aliphatic carbocycles. The number of amides is 2. The Kier molecular flexibility index (Phi) is 7.57. The van der Waals surface area contributed by atoms with Gasteiger partial charge in [0.1, 0.15) is 24.2 Å². The van der Waals surface area contributed by atoms with Crippen LogP contribution >= 0.6 is 0 Å². The average Bonchev–Trinajstić information content (AvgIpc) is 3.23. The Labute approximate surface area is 230 Å². The van der Waals surface area contributed by atoms with Crippen molar-refractivity contribution in [3.63, 3.8) is 0 Å². The fourth-order valence-corrected chi connectivity index (χ4v) is 6.79. The largest absolute Gasteiger partial charge is 0.461 e. The lowest BCUT2D eigenvalue weighted by Crippen LogP contribution is -2.58. The number of likely N-dealkylation sites (tertiary alicyclic amines) is 1. The molecule has 1 N–H and O–H groups in total. The van der Waals surface area contributed by atoms with Crippen molar-refractivity contribution >= 4 is 29.2 Å². The van der Waals surface area contributed by atoms with E-state index < -0.39 is 41.6 Å². The van der Waals surface area contributed by atoms with Gasteiger partial charge < -0.3 is 29.3 Å². The number of anilines is 2. The highest BCUT2D eigenvalue weighted by molar-refractivity contribution is 6.05. The van der Waals surface area contributed by atoms with Crippen molar-refractivity contribution in [2.45, 2.75) is 57.9 Å². The Morgan fingerprint density at radius 2 is 1.79 bits per heavy atom. The summed E-state index contributed by atoms with van der Waals surface area (Å²) in [5, 5.41) is 10.4. The molecule has 2 saturated heterocycles. The Hall–Kier alpha value is -3.17. The maximum Gasteiger partial charge on any atom is 0.313 e. The van der Waals surface area contributed by atoms with Gasteiger partial charge in [0.25, 0.3) is 5.91 Å². The molecule has 0 bridgehead atoms. The first-order valence-corrected chi connectivity index (χ1v) is 14.1. The Morgan fingerprint density at radius 3 is 2.44 bits per heavy atom. The van der Waals surface area contributed by atoms with Crippen molar-refractivity contribution in [1.82, 2.24) is 4.90 Å². The van der Waals surface area contributed by atoms with Gasteiger partial charge in [-0.3, -0.25) is 14.4 Å². The fraction of sp³-hybridized carbons (Fsp3) is 0.567. The normalized spacial score (nSPS) is 30.6. The van der Waals surface area contributed by atoms with Crippen LogP contribution in [0.4, 0.5) is 11.4 Å². The van der Waals surface area contributed by atoms with E-state index >= 15 is 0 Å². The van der Waals surface area contributed by atoms with Crippen molar-refractivity contribution in [3.8, 4) is 0 Å². The smallest absolute Gasteiger partial charge is 0.313 e. The van der Waals surface area contributed by atoms with E-state index in [1.165, 1.54) is 4.90 Å². The number of cyclic esters (lactones) is 1. The van der Waals surface area contributed by atoms with Gasteiger partial charge >= 0.3 is 5.97 Å². The maximum absolute atomic E-state index is 14.5. The second kappa shape index (κ2) is 10.8. The molecule has 2 amide bonds. The van der Waals surface area contributed by atoms with E-state index in [1.54, 1.807) is 17.1 Å². The molecule has 9 heteroatoms. The first kappa shape index (κ1) is 27.4. The molecule has 5 rings (SSSR count). The number of aliphatic hydroxyl groups excluding tert-OH is 1. The highest BCUT2D eigenvalue weighted by Gasteiger charge is 2.72. The van der Waals surface area contributed by atoms with E-state index in [1.807, 2.05) is 50.3 Å². The van der Waals surface area contributed by atoms with E-state index in [9.17, 15) is 19.5 Å². The quantitative estimate of drug-likeness (QED) is 0.402. The summed E-state index contributed by atoms with van der Waals surface area (Å²) in [4.78, 5) is 47.2. The van der Waals surface area contributed by atoms with E-state index in [0.29, 0.717) is 18.7 Å². The minimum atomic E-state index is -1.34. The molecule has 4 heterocycles. The van der Waals surface area contributed by atoms with Gasteiger partial charge in [0.15, 0.2) is 0 Å². The maximum atomic E-state index is 14.5. The molecule has 210 valence electrons. The van der Waals surface area contributed by atoms with Crippen LogP contribution in [0.5, 0.6) is 0 Å².